The van der Waals surface area contributed by atoms with E-state index in [1.165, 1.54) is 30.5 Å². The van der Waals surface area contributed by atoms with Crippen molar-refractivity contribution in [3.05, 3.63) is 82.9 Å². The summed E-state index contributed by atoms with van der Waals surface area (Å²) in [5.74, 6) is -1.93. The number of rotatable bonds is 2. The van der Waals surface area contributed by atoms with Crippen molar-refractivity contribution in [2.45, 2.75) is 37.8 Å². The molecule has 0 N–H and O–H groups in total. The summed E-state index contributed by atoms with van der Waals surface area (Å²) in [7, 11) is 1.76. The number of hydrogen-bond acceptors (Lipinski definition) is 3. The predicted molar refractivity (Wildman–Crippen MR) is 121 cm³/mol. The fourth-order valence-electron chi connectivity index (χ4n) is 5.66. The molecule has 4 aromatic rings. The van der Waals surface area contributed by atoms with E-state index in [1.54, 1.807) is 23.9 Å². The highest BCUT2D eigenvalue weighted by Crippen LogP contribution is 2.45. The van der Waals surface area contributed by atoms with Gasteiger partial charge in [-0.25, -0.2) is 13.2 Å². The van der Waals surface area contributed by atoms with Crippen LogP contribution in [0.5, 0.6) is 0 Å². The molecule has 1 fully saturated rings. The number of fused-ring (bicyclic) bond motifs is 5. The Labute approximate surface area is 193 Å². The van der Waals surface area contributed by atoms with Gasteiger partial charge in [0.25, 0.3) is 5.91 Å². The second kappa shape index (κ2) is 7.68. The number of piperidine rings is 1. The van der Waals surface area contributed by atoms with E-state index >= 15 is 0 Å². The molecular formula is C26H21F3N4O. The highest BCUT2D eigenvalue weighted by atomic mass is 19.1. The molecule has 4 heterocycles. The van der Waals surface area contributed by atoms with Crippen molar-refractivity contribution >= 4 is 16.8 Å². The standard InChI is InChI=1S/C26H21F3N4O/c1-32-25(14-10-15(27)12-16(28)11-14)20-13-17-4-2-6-22(24(20)31-32)33(17)26(34)19-7-8-21(29)23-18(19)5-3-9-30-23/h3,5,7-12,17,22H,2,4,6,13H2,1H3. The molecule has 0 radical (unpaired) electrons. The molecule has 2 bridgehead atoms. The Bertz CT molecular complexity index is 1440. The molecular weight excluding hydrogens is 441 g/mol. The predicted octanol–water partition coefficient (Wildman–Crippen LogP) is 5.34. The molecule has 1 saturated heterocycles. The Balaban J connectivity index is 1.46. The van der Waals surface area contributed by atoms with Crippen LogP contribution in [0.25, 0.3) is 22.2 Å². The zero-order valence-corrected chi connectivity index (χ0v) is 18.4. The first-order valence-electron chi connectivity index (χ1n) is 11.3. The lowest BCUT2D eigenvalue weighted by Crippen LogP contribution is -2.49. The third-order valence-electron chi connectivity index (χ3n) is 7.00. The molecule has 34 heavy (non-hydrogen) atoms. The van der Waals surface area contributed by atoms with E-state index in [0.29, 0.717) is 28.6 Å². The van der Waals surface area contributed by atoms with E-state index < -0.39 is 17.5 Å². The minimum absolute atomic E-state index is 0.0862. The second-order valence-electron chi connectivity index (χ2n) is 9.01. The molecule has 2 atom stereocenters. The van der Waals surface area contributed by atoms with Gasteiger partial charge in [0, 0.05) is 47.4 Å². The molecule has 2 aromatic carbocycles. The lowest BCUT2D eigenvalue weighted by Gasteiger charge is -2.45. The molecule has 8 heteroatoms. The number of hydrogen-bond donors (Lipinski definition) is 0. The first-order valence-corrected chi connectivity index (χ1v) is 11.3. The zero-order chi connectivity index (χ0) is 23.6. The van der Waals surface area contributed by atoms with Crippen molar-refractivity contribution in [3.63, 3.8) is 0 Å². The summed E-state index contributed by atoms with van der Waals surface area (Å²) >= 11 is 0. The monoisotopic (exact) mass is 462 g/mol. The van der Waals surface area contributed by atoms with Crippen molar-refractivity contribution in [3.8, 4) is 11.3 Å². The van der Waals surface area contributed by atoms with Gasteiger partial charge in [-0.15, -0.1) is 0 Å². The van der Waals surface area contributed by atoms with Crippen molar-refractivity contribution in [1.29, 1.82) is 0 Å². The van der Waals surface area contributed by atoms with Gasteiger partial charge in [0.1, 0.15) is 23.0 Å². The van der Waals surface area contributed by atoms with Crippen LogP contribution in [0, 0.1) is 17.5 Å². The maximum atomic E-state index is 14.3. The van der Waals surface area contributed by atoms with Crippen LogP contribution in [0.3, 0.4) is 0 Å². The Kier molecular flexibility index (Phi) is 4.72. The van der Waals surface area contributed by atoms with Crippen LogP contribution >= 0.6 is 0 Å². The molecule has 6 rings (SSSR count). The number of carbonyl (C=O) groups is 1. The summed E-state index contributed by atoms with van der Waals surface area (Å²) < 4.78 is 43.9. The summed E-state index contributed by atoms with van der Waals surface area (Å²) in [6.07, 6.45) is 4.54. The third-order valence-corrected chi connectivity index (χ3v) is 7.00. The maximum Gasteiger partial charge on any atom is 0.255 e. The Morgan fingerprint density at radius 3 is 2.65 bits per heavy atom. The molecule has 0 saturated carbocycles. The number of carbonyl (C=O) groups excluding carboxylic acids is 1. The fourth-order valence-corrected chi connectivity index (χ4v) is 5.66. The molecule has 1 amide bonds. The van der Waals surface area contributed by atoms with Gasteiger partial charge in [0.2, 0.25) is 0 Å². The van der Waals surface area contributed by atoms with E-state index in [1.807, 2.05) is 4.90 Å². The zero-order valence-electron chi connectivity index (χ0n) is 18.4. The number of nitrogens with zero attached hydrogens (tertiary/aromatic N) is 4. The molecule has 0 spiro atoms. The van der Waals surface area contributed by atoms with Gasteiger partial charge in [-0.1, -0.05) is 6.07 Å². The van der Waals surface area contributed by atoms with Gasteiger partial charge in [-0.05, 0) is 56.0 Å². The largest absolute Gasteiger partial charge is 0.327 e. The Hall–Kier alpha value is -3.68. The molecule has 2 aliphatic heterocycles. The van der Waals surface area contributed by atoms with Crippen LogP contribution in [-0.4, -0.2) is 31.6 Å². The van der Waals surface area contributed by atoms with Crippen LogP contribution in [-0.2, 0) is 13.5 Å². The number of pyridine rings is 1. The molecule has 172 valence electrons. The number of benzene rings is 2. The van der Waals surface area contributed by atoms with Crippen molar-refractivity contribution < 1.29 is 18.0 Å². The smallest absolute Gasteiger partial charge is 0.255 e. The average Bonchev–Trinajstić information content (AvgIpc) is 3.13. The van der Waals surface area contributed by atoms with Crippen molar-refractivity contribution in [1.82, 2.24) is 19.7 Å². The normalized spacial score (nSPS) is 19.4. The lowest BCUT2D eigenvalue weighted by molar-refractivity contribution is 0.0394. The number of halogens is 3. The number of aromatic nitrogens is 3. The molecule has 2 aromatic heterocycles. The van der Waals surface area contributed by atoms with Crippen LogP contribution in [0.2, 0.25) is 0 Å². The van der Waals surface area contributed by atoms with Crippen LogP contribution in [0.1, 0.15) is 46.9 Å². The highest BCUT2D eigenvalue weighted by Gasteiger charge is 2.44. The minimum Gasteiger partial charge on any atom is -0.327 e. The summed E-state index contributed by atoms with van der Waals surface area (Å²) in [6.45, 7) is 0. The van der Waals surface area contributed by atoms with Gasteiger partial charge in [0.15, 0.2) is 0 Å². The minimum atomic E-state index is -0.644. The first-order chi connectivity index (χ1) is 16.4. The topological polar surface area (TPSA) is 51.0 Å². The number of aryl methyl sites for hydroxylation is 1. The van der Waals surface area contributed by atoms with E-state index in [9.17, 15) is 18.0 Å². The summed E-state index contributed by atoms with van der Waals surface area (Å²) in [5, 5.41) is 5.20. The van der Waals surface area contributed by atoms with Gasteiger partial charge in [-0.2, -0.15) is 5.10 Å². The summed E-state index contributed by atoms with van der Waals surface area (Å²) in [6, 6.07) is 9.33. The van der Waals surface area contributed by atoms with Crippen molar-refractivity contribution in [2.75, 3.05) is 0 Å². The van der Waals surface area contributed by atoms with E-state index in [0.717, 1.165) is 36.6 Å². The van der Waals surface area contributed by atoms with Gasteiger partial charge in [-0.3, -0.25) is 14.5 Å². The van der Waals surface area contributed by atoms with Gasteiger partial charge < -0.3 is 4.90 Å². The highest BCUT2D eigenvalue weighted by molar-refractivity contribution is 6.06. The van der Waals surface area contributed by atoms with Crippen molar-refractivity contribution in [2.24, 2.45) is 7.05 Å². The second-order valence-corrected chi connectivity index (χ2v) is 9.01. The molecule has 2 aliphatic rings. The van der Waals surface area contributed by atoms with Crippen LogP contribution < -0.4 is 0 Å². The molecule has 5 nitrogen and oxygen atoms in total. The van der Waals surface area contributed by atoms with E-state index in [2.05, 4.69) is 4.98 Å². The first kappa shape index (κ1) is 20.9. The number of amides is 1. The van der Waals surface area contributed by atoms with E-state index in [4.69, 9.17) is 5.10 Å². The van der Waals surface area contributed by atoms with Crippen LogP contribution in [0.15, 0.2) is 48.7 Å². The Morgan fingerprint density at radius 1 is 1.06 bits per heavy atom. The fraction of sp³-hybridized carbons (Fsp3) is 0.269. The maximum absolute atomic E-state index is 14.3. The SMILES string of the molecule is Cn1nc2c(c1-c1cc(F)cc(F)c1)CC1CCCC2N1C(=O)c1ccc(F)c2ncccc12. The average molecular weight is 462 g/mol. The van der Waals surface area contributed by atoms with Gasteiger partial charge >= 0.3 is 0 Å². The molecule has 2 unspecified atom stereocenters. The Morgan fingerprint density at radius 2 is 1.85 bits per heavy atom. The summed E-state index contributed by atoms with van der Waals surface area (Å²) in [4.78, 5) is 19.8. The quantitative estimate of drug-likeness (QED) is 0.404. The molecule has 0 aliphatic carbocycles. The van der Waals surface area contributed by atoms with Crippen LogP contribution in [0.4, 0.5) is 13.2 Å². The van der Waals surface area contributed by atoms with E-state index in [-0.39, 0.29) is 23.5 Å². The third kappa shape index (κ3) is 3.12. The lowest BCUT2D eigenvalue weighted by atomic mass is 9.81. The summed E-state index contributed by atoms with van der Waals surface area (Å²) in [5.41, 5.74) is 3.38. The van der Waals surface area contributed by atoms with Gasteiger partial charge in [0.05, 0.1) is 17.4 Å².